The van der Waals surface area contributed by atoms with Crippen LogP contribution in [0.2, 0.25) is 0 Å². The summed E-state index contributed by atoms with van der Waals surface area (Å²) in [7, 11) is 0. The molecular formula is C17H21N3O2S3. The third-order valence-corrected chi connectivity index (χ3v) is 6.49. The average molecular weight is 396 g/mol. The number of ketones is 1. The molecule has 134 valence electrons. The number of thioether (sulfide) groups is 2. The number of aryl methyl sites for hydroxylation is 2. The van der Waals surface area contributed by atoms with Crippen molar-refractivity contribution < 1.29 is 9.59 Å². The van der Waals surface area contributed by atoms with Gasteiger partial charge in [-0.15, -0.1) is 10.2 Å². The number of Topliss-reactive ketones (excluding diaryl/α,β-unsaturated/α-hetero) is 1. The van der Waals surface area contributed by atoms with E-state index in [1.165, 1.54) is 34.9 Å². The molecule has 0 aliphatic heterocycles. The van der Waals surface area contributed by atoms with Crippen LogP contribution in [0.4, 0.5) is 0 Å². The highest BCUT2D eigenvalue weighted by molar-refractivity contribution is 8.03. The quantitative estimate of drug-likeness (QED) is 0.515. The fourth-order valence-electron chi connectivity index (χ4n) is 2.09. The Morgan fingerprint density at radius 3 is 2.44 bits per heavy atom. The van der Waals surface area contributed by atoms with Crippen LogP contribution in [0.15, 0.2) is 26.9 Å². The first kappa shape index (κ1) is 19.9. The fraction of sp³-hybridized carbons (Fsp3) is 0.412. The van der Waals surface area contributed by atoms with Gasteiger partial charge in [0, 0.05) is 12.1 Å². The molecule has 2 rings (SSSR count). The van der Waals surface area contributed by atoms with Gasteiger partial charge in [0.1, 0.15) is 0 Å². The molecule has 0 bridgehead atoms. The predicted octanol–water partition coefficient (Wildman–Crippen LogP) is 3.75. The Balaban J connectivity index is 1.82. The number of benzene rings is 1. The van der Waals surface area contributed by atoms with Gasteiger partial charge in [-0.25, -0.2) is 0 Å². The molecule has 0 spiro atoms. The molecule has 0 unspecified atom stereocenters. The van der Waals surface area contributed by atoms with Crippen LogP contribution in [0.25, 0.3) is 0 Å². The van der Waals surface area contributed by atoms with E-state index in [0.717, 1.165) is 31.8 Å². The first-order chi connectivity index (χ1) is 12.0. The van der Waals surface area contributed by atoms with Gasteiger partial charge >= 0.3 is 0 Å². The van der Waals surface area contributed by atoms with Crippen molar-refractivity contribution in [1.82, 2.24) is 15.5 Å². The van der Waals surface area contributed by atoms with Crippen molar-refractivity contribution in [1.29, 1.82) is 0 Å². The van der Waals surface area contributed by atoms with E-state index < -0.39 is 0 Å². The number of aromatic nitrogens is 2. The molecule has 0 fully saturated rings. The fourth-order valence-corrected chi connectivity index (χ4v) is 4.82. The molecule has 0 radical (unpaired) electrons. The second-order valence-electron chi connectivity index (χ2n) is 5.50. The zero-order valence-corrected chi connectivity index (χ0v) is 16.9. The van der Waals surface area contributed by atoms with Crippen molar-refractivity contribution in [2.24, 2.45) is 0 Å². The zero-order valence-electron chi connectivity index (χ0n) is 14.5. The summed E-state index contributed by atoms with van der Waals surface area (Å²) >= 11 is 4.17. The van der Waals surface area contributed by atoms with Crippen molar-refractivity contribution in [3.05, 3.63) is 34.9 Å². The van der Waals surface area contributed by atoms with Gasteiger partial charge in [-0.05, 0) is 25.8 Å². The molecule has 0 saturated carbocycles. The minimum atomic E-state index is 0.00118. The lowest BCUT2D eigenvalue weighted by Crippen LogP contribution is -2.25. The molecule has 2 aromatic rings. The number of carbonyl (C=O) groups excluding carboxylic acids is 2. The first-order valence-corrected chi connectivity index (χ1v) is 10.7. The topological polar surface area (TPSA) is 72.0 Å². The molecule has 0 aliphatic carbocycles. The molecule has 1 heterocycles. The number of rotatable bonds is 9. The lowest BCUT2D eigenvalue weighted by atomic mass is 10.0. The van der Waals surface area contributed by atoms with Gasteiger partial charge in [0.25, 0.3) is 0 Å². The maximum atomic E-state index is 12.3. The summed E-state index contributed by atoms with van der Waals surface area (Å²) in [6.07, 6.45) is 0.921. The van der Waals surface area contributed by atoms with E-state index in [1.54, 1.807) is 0 Å². The summed E-state index contributed by atoms with van der Waals surface area (Å²) in [6, 6.07) is 5.85. The third kappa shape index (κ3) is 6.45. The average Bonchev–Trinajstić information content (AvgIpc) is 3.04. The van der Waals surface area contributed by atoms with E-state index in [4.69, 9.17) is 0 Å². The van der Waals surface area contributed by atoms with Crippen molar-refractivity contribution in [2.45, 2.75) is 35.9 Å². The number of amides is 1. The molecule has 25 heavy (non-hydrogen) atoms. The van der Waals surface area contributed by atoms with E-state index in [2.05, 4.69) is 15.5 Å². The molecule has 1 aromatic carbocycles. The molecule has 5 nitrogen and oxygen atoms in total. The number of carbonyl (C=O) groups is 2. The molecule has 1 N–H and O–H groups in total. The zero-order chi connectivity index (χ0) is 18.2. The van der Waals surface area contributed by atoms with Crippen LogP contribution < -0.4 is 5.32 Å². The maximum Gasteiger partial charge on any atom is 0.230 e. The second kappa shape index (κ2) is 9.94. The minimum Gasteiger partial charge on any atom is -0.355 e. The summed E-state index contributed by atoms with van der Waals surface area (Å²) in [6.45, 7) is 6.67. The monoisotopic (exact) mass is 395 g/mol. The van der Waals surface area contributed by atoms with Crippen LogP contribution in [0.1, 0.15) is 34.8 Å². The van der Waals surface area contributed by atoms with Crippen molar-refractivity contribution in [2.75, 3.05) is 18.1 Å². The van der Waals surface area contributed by atoms with Crippen LogP contribution in [-0.4, -0.2) is 39.9 Å². The Labute approximate surface area is 160 Å². The highest BCUT2D eigenvalue weighted by atomic mass is 32.2. The van der Waals surface area contributed by atoms with E-state index >= 15 is 0 Å². The van der Waals surface area contributed by atoms with Crippen LogP contribution in [0.5, 0.6) is 0 Å². The lowest BCUT2D eigenvalue weighted by molar-refractivity contribution is -0.118. The molecule has 0 atom stereocenters. The highest BCUT2D eigenvalue weighted by Gasteiger charge is 2.13. The second-order valence-corrected chi connectivity index (χ2v) is 8.93. The SMILES string of the molecule is CCCNC(=O)CSc1nnc(SCC(=O)c2ccc(C)cc2C)s1. The normalized spacial score (nSPS) is 10.7. The van der Waals surface area contributed by atoms with Gasteiger partial charge < -0.3 is 5.32 Å². The largest absolute Gasteiger partial charge is 0.355 e. The maximum absolute atomic E-state index is 12.3. The Morgan fingerprint density at radius 2 is 1.80 bits per heavy atom. The van der Waals surface area contributed by atoms with Gasteiger partial charge in [0.15, 0.2) is 14.5 Å². The molecule has 1 aromatic heterocycles. The van der Waals surface area contributed by atoms with E-state index in [1.807, 2.05) is 39.0 Å². The standard InChI is InChI=1S/C17H21N3O2S3/c1-4-7-18-15(22)10-24-17-20-19-16(25-17)23-9-14(21)13-6-5-11(2)8-12(13)3/h5-6,8H,4,7,9-10H2,1-3H3,(H,18,22). The van der Waals surface area contributed by atoms with Crippen molar-refractivity contribution >= 4 is 46.6 Å². The first-order valence-electron chi connectivity index (χ1n) is 7.96. The van der Waals surface area contributed by atoms with Gasteiger partial charge in [-0.1, -0.05) is 65.5 Å². The summed E-state index contributed by atoms with van der Waals surface area (Å²) in [5.41, 5.74) is 2.90. The lowest BCUT2D eigenvalue weighted by Gasteiger charge is -2.04. The summed E-state index contributed by atoms with van der Waals surface area (Å²) < 4.78 is 1.49. The smallest absolute Gasteiger partial charge is 0.230 e. The molecular weight excluding hydrogens is 374 g/mol. The van der Waals surface area contributed by atoms with Crippen LogP contribution in [-0.2, 0) is 4.79 Å². The van der Waals surface area contributed by atoms with E-state index in [9.17, 15) is 9.59 Å². The van der Waals surface area contributed by atoms with Gasteiger partial charge in [-0.2, -0.15) is 0 Å². The highest BCUT2D eigenvalue weighted by Crippen LogP contribution is 2.29. The molecule has 1 amide bonds. The Kier molecular flexibility index (Phi) is 7.92. The molecule has 0 saturated heterocycles. The van der Waals surface area contributed by atoms with Crippen LogP contribution >= 0.6 is 34.9 Å². The third-order valence-electron chi connectivity index (χ3n) is 3.30. The Bertz CT molecular complexity index is 746. The van der Waals surface area contributed by atoms with Crippen LogP contribution in [0.3, 0.4) is 0 Å². The molecule has 8 heteroatoms. The van der Waals surface area contributed by atoms with Gasteiger partial charge in [-0.3, -0.25) is 9.59 Å². The summed E-state index contributed by atoms with van der Waals surface area (Å²) in [4.78, 5) is 23.9. The predicted molar refractivity (Wildman–Crippen MR) is 105 cm³/mol. The van der Waals surface area contributed by atoms with Gasteiger partial charge in [0.05, 0.1) is 11.5 Å². The van der Waals surface area contributed by atoms with E-state index in [-0.39, 0.29) is 11.7 Å². The van der Waals surface area contributed by atoms with E-state index in [0.29, 0.717) is 18.1 Å². The minimum absolute atomic E-state index is 0.00118. The summed E-state index contributed by atoms with van der Waals surface area (Å²) in [5.74, 6) is 0.758. The number of nitrogens with zero attached hydrogens (tertiary/aromatic N) is 2. The Morgan fingerprint density at radius 1 is 1.12 bits per heavy atom. The number of hydrogen-bond acceptors (Lipinski definition) is 7. The summed E-state index contributed by atoms with van der Waals surface area (Å²) in [5, 5.41) is 11.0. The van der Waals surface area contributed by atoms with Crippen molar-refractivity contribution in [3.8, 4) is 0 Å². The van der Waals surface area contributed by atoms with Crippen LogP contribution in [0, 0.1) is 13.8 Å². The van der Waals surface area contributed by atoms with Gasteiger partial charge in [0.2, 0.25) is 5.91 Å². The number of nitrogens with one attached hydrogen (secondary N) is 1. The number of hydrogen-bond donors (Lipinski definition) is 1. The molecule has 0 aliphatic rings. The van der Waals surface area contributed by atoms with Crippen molar-refractivity contribution in [3.63, 3.8) is 0 Å². The Hall–Kier alpha value is -1.38.